The quantitative estimate of drug-likeness (QED) is 0.422. The maximum absolute atomic E-state index is 11.0. The van der Waals surface area contributed by atoms with E-state index in [-0.39, 0.29) is 12.5 Å². The number of rotatable bonds is 5. The maximum Gasteiger partial charge on any atom is 0.248 e. The Bertz CT molecular complexity index is 355. The van der Waals surface area contributed by atoms with Crippen LogP contribution in [-0.2, 0) is 11.3 Å². The fourth-order valence-corrected chi connectivity index (χ4v) is 1.43. The molecule has 1 amide bonds. The van der Waals surface area contributed by atoms with E-state index in [1.165, 1.54) is 0 Å². The molecule has 0 aliphatic carbocycles. The third kappa shape index (κ3) is 3.88. The molecule has 1 aromatic carbocycles. The standard InChI is InChI=1S/C11H17N3O2/c1-14(8-11(15)13-12)7-9-4-3-5-10(6-9)16-2/h3-6H,7-8,12H2,1-2H3,(H,13,15). The van der Waals surface area contributed by atoms with Crippen LogP contribution in [0.4, 0.5) is 0 Å². The van der Waals surface area contributed by atoms with Crippen molar-refractivity contribution < 1.29 is 9.53 Å². The number of amides is 1. The molecule has 0 saturated heterocycles. The number of hydrazine groups is 1. The monoisotopic (exact) mass is 223 g/mol. The highest BCUT2D eigenvalue weighted by Crippen LogP contribution is 2.13. The Labute approximate surface area is 95.2 Å². The highest BCUT2D eigenvalue weighted by Gasteiger charge is 2.05. The number of ether oxygens (including phenoxy) is 1. The molecule has 88 valence electrons. The molecule has 5 heteroatoms. The second-order valence-corrected chi connectivity index (χ2v) is 3.59. The van der Waals surface area contributed by atoms with Gasteiger partial charge in [-0.2, -0.15) is 0 Å². The number of carbonyl (C=O) groups is 1. The van der Waals surface area contributed by atoms with Gasteiger partial charge in [0.1, 0.15) is 5.75 Å². The highest BCUT2D eigenvalue weighted by atomic mass is 16.5. The van der Waals surface area contributed by atoms with Crippen molar-refractivity contribution in [1.82, 2.24) is 10.3 Å². The summed E-state index contributed by atoms with van der Waals surface area (Å²) in [6, 6.07) is 7.73. The van der Waals surface area contributed by atoms with E-state index in [0.717, 1.165) is 11.3 Å². The molecule has 5 nitrogen and oxygen atoms in total. The van der Waals surface area contributed by atoms with Crippen LogP contribution in [0.25, 0.3) is 0 Å². The molecule has 0 aliphatic heterocycles. The summed E-state index contributed by atoms with van der Waals surface area (Å²) >= 11 is 0. The molecule has 3 N–H and O–H groups in total. The van der Waals surface area contributed by atoms with Gasteiger partial charge in [0.25, 0.3) is 0 Å². The minimum atomic E-state index is -0.203. The number of nitrogens with two attached hydrogens (primary N) is 1. The molecule has 0 saturated carbocycles. The molecule has 16 heavy (non-hydrogen) atoms. The topological polar surface area (TPSA) is 67.6 Å². The second-order valence-electron chi connectivity index (χ2n) is 3.59. The molecule has 0 atom stereocenters. The fraction of sp³-hybridized carbons (Fsp3) is 0.364. The zero-order chi connectivity index (χ0) is 12.0. The molecule has 0 fully saturated rings. The van der Waals surface area contributed by atoms with Gasteiger partial charge in [-0.05, 0) is 24.7 Å². The molecular weight excluding hydrogens is 206 g/mol. The number of nitrogens with zero attached hydrogens (tertiary/aromatic N) is 1. The Hall–Kier alpha value is -1.59. The van der Waals surface area contributed by atoms with Gasteiger partial charge < -0.3 is 4.74 Å². The van der Waals surface area contributed by atoms with Crippen LogP contribution in [0.1, 0.15) is 5.56 Å². The third-order valence-corrected chi connectivity index (χ3v) is 2.16. The Morgan fingerprint density at radius 1 is 1.56 bits per heavy atom. The number of hydrogen-bond donors (Lipinski definition) is 2. The lowest BCUT2D eigenvalue weighted by Gasteiger charge is -2.15. The van der Waals surface area contributed by atoms with Gasteiger partial charge in [0.15, 0.2) is 0 Å². The lowest BCUT2D eigenvalue weighted by Crippen LogP contribution is -2.38. The number of hydrogen-bond acceptors (Lipinski definition) is 4. The molecule has 0 unspecified atom stereocenters. The van der Waals surface area contributed by atoms with Crippen molar-refractivity contribution >= 4 is 5.91 Å². The van der Waals surface area contributed by atoms with Crippen molar-refractivity contribution in [2.75, 3.05) is 20.7 Å². The van der Waals surface area contributed by atoms with Gasteiger partial charge >= 0.3 is 0 Å². The minimum Gasteiger partial charge on any atom is -0.497 e. The molecule has 0 spiro atoms. The molecular formula is C11H17N3O2. The van der Waals surface area contributed by atoms with E-state index in [1.54, 1.807) is 7.11 Å². The van der Waals surface area contributed by atoms with E-state index in [9.17, 15) is 4.79 Å². The van der Waals surface area contributed by atoms with Crippen molar-refractivity contribution in [3.05, 3.63) is 29.8 Å². The van der Waals surface area contributed by atoms with Crippen LogP contribution in [0.5, 0.6) is 5.75 Å². The van der Waals surface area contributed by atoms with E-state index in [1.807, 2.05) is 36.2 Å². The van der Waals surface area contributed by atoms with E-state index in [0.29, 0.717) is 6.54 Å². The van der Waals surface area contributed by atoms with Crippen molar-refractivity contribution in [3.63, 3.8) is 0 Å². The first-order valence-corrected chi connectivity index (χ1v) is 4.96. The van der Waals surface area contributed by atoms with E-state index < -0.39 is 0 Å². The van der Waals surface area contributed by atoms with Crippen LogP contribution in [0.15, 0.2) is 24.3 Å². The second kappa shape index (κ2) is 6.09. The van der Waals surface area contributed by atoms with Crippen LogP contribution >= 0.6 is 0 Å². The largest absolute Gasteiger partial charge is 0.497 e. The zero-order valence-corrected chi connectivity index (χ0v) is 9.56. The van der Waals surface area contributed by atoms with Crippen LogP contribution in [0.3, 0.4) is 0 Å². The zero-order valence-electron chi connectivity index (χ0n) is 9.56. The Morgan fingerprint density at radius 2 is 2.31 bits per heavy atom. The van der Waals surface area contributed by atoms with Gasteiger partial charge in [-0.1, -0.05) is 12.1 Å². The average Bonchev–Trinajstić information content (AvgIpc) is 2.28. The van der Waals surface area contributed by atoms with Crippen molar-refractivity contribution in [2.24, 2.45) is 5.84 Å². The summed E-state index contributed by atoms with van der Waals surface area (Å²) in [5, 5.41) is 0. The lowest BCUT2D eigenvalue weighted by molar-refractivity contribution is -0.122. The summed E-state index contributed by atoms with van der Waals surface area (Å²) in [6.07, 6.45) is 0. The summed E-state index contributed by atoms with van der Waals surface area (Å²) in [6.45, 7) is 0.943. The van der Waals surface area contributed by atoms with Gasteiger partial charge in [0.05, 0.1) is 13.7 Å². The SMILES string of the molecule is COc1cccc(CN(C)CC(=O)NN)c1. The summed E-state index contributed by atoms with van der Waals surface area (Å²) in [7, 11) is 3.49. The Kier molecular flexibility index (Phi) is 4.75. The van der Waals surface area contributed by atoms with Gasteiger partial charge in [-0.3, -0.25) is 15.1 Å². The van der Waals surface area contributed by atoms with E-state index in [2.05, 4.69) is 5.43 Å². The molecule has 1 aromatic rings. The van der Waals surface area contributed by atoms with Gasteiger partial charge in [-0.15, -0.1) is 0 Å². The van der Waals surface area contributed by atoms with Crippen LogP contribution in [-0.4, -0.2) is 31.5 Å². The average molecular weight is 223 g/mol. The smallest absolute Gasteiger partial charge is 0.248 e. The van der Waals surface area contributed by atoms with Crippen molar-refractivity contribution in [1.29, 1.82) is 0 Å². The van der Waals surface area contributed by atoms with E-state index >= 15 is 0 Å². The molecule has 0 aliphatic rings. The predicted molar refractivity (Wildman–Crippen MR) is 61.7 cm³/mol. The highest BCUT2D eigenvalue weighted by molar-refractivity contribution is 5.77. The van der Waals surface area contributed by atoms with Crippen molar-refractivity contribution in [2.45, 2.75) is 6.54 Å². The number of benzene rings is 1. The first kappa shape index (κ1) is 12.5. The third-order valence-electron chi connectivity index (χ3n) is 2.16. The summed E-state index contributed by atoms with van der Waals surface area (Å²) in [5.41, 5.74) is 3.19. The van der Waals surface area contributed by atoms with Crippen LogP contribution < -0.4 is 16.0 Å². The number of likely N-dealkylation sites (N-methyl/N-ethyl adjacent to an activating group) is 1. The Morgan fingerprint density at radius 3 is 2.94 bits per heavy atom. The summed E-state index contributed by atoms with van der Waals surface area (Å²) in [5.74, 6) is 5.62. The van der Waals surface area contributed by atoms with Crippen LogP contribution in [0, 0.1) is 0 Å². The first-order valence-electron chi connectivity index (χ1n) is 4.96. The maximum atomic E-state index is 11.0. The molecule has 0 radical (unpaired) electrons. The predicted octanol–water partition coefficient (Wildman–Crippen LogP) is 0.117. The molecule has 0 heterocycles. The first-order chi connectivity index (χ1) is 7.65. The fourth-order valence-electron chi connectivity index (χ4n) is 1.43. The number of nitrogens with one attached hydrogen (secondary N) is 1. The van der Waals surface area contributed by atoms with Gasteiger partial charge in [-0.25, -0.2) is 5.84 Å². The van der Waals surface area contributed by atoms with E-state index in [4.69, 9.17) is 10.6 Å². The van der Waals surface area contributed by atoms with Gasteiger partial charge in [0.2, 0.25) is 5.91 Å². The number of carbonyl (C=O) groups excluding carboxylic acids is 1. The number of methoxy groups -OCH3 is 1. The minimum absolute atomic E-state index is 0.203. The summed E-state index contributed by atoms with van der Waals surface area (Å²) < 4.78 is 5.12. The summed E-state index contributed by atoms with van der Waals surface area (Å²) in [4.78, 5) is 12.9. The molecule has 1 rings (SSSR count). The molecule has 0 bridgehead atoms. The van der Waals surface area contributed by atoms with Crippen LogP contribution in [0.2, 0.25) is 0 Å². The Balaban J connectivity index is 2.55. The molecule has 0 aromatic heterocycles. The van der Waals surface area contributed by atoms with Gasteiger partial charge in [0, 0.05) is 6.54 Å². The normalized spacial score (nSPS) is 10.2. The van der Waals surface area contributed by atoms with Crippen molar-refractivity contribution in [3.8, 4) is 5.75 Å². The lowest BCUT2D eigenvalue weighted by atomic mass is 10.2.